The van der Waals surface area contributed by atoms with Gasteiger partial charge in [0.25, 0.3) is 0 Å². The van der Waals surface area contributed by atoms with E-state index >= 15 is 0 Å². The van der Waals surface area contributed by atoms with Crippen LogP contribution < -0.4 is 10.2 Å². The normalized spacial score (nSPS) is 17.8. The summed E-state index contributed by atoms with van der Waals surface area (Å²) in [7, 11) is 0. The van der Waals surface area contributed by atoms with E-state index in [1.807, 2.05) is 6.07 Å². The van der Waals surface area contributed by atoms with Crippen molar-refractivity contribution in [2.75, 3.05) is 42.9 Å². The van der Waals surface area contributed by atoms with Crippen LogP contribution in [0.1, 0.15) is 23.1 Å². The molecule has 1 amide bonds. The average Bonchev–Trinajstić information content (AvgIpc) is 2.68. The molecular formula is C23H27N3O. The largest absolute Gasteiger partial charge is 0.369 e. The average molecular weight is 361 g/mol. The standard InChI is InChI=1S/C23H27N3O/c1-18-4-2-6-21(16-18)26-14-12-25(13-15-26)11-3-5-19-7-9-22-20(17-19)8-10-23(27)24-22/h2-7,9,16-17H,8,10-15H2,1H3,(H,24,27). The Hall–Kier alpha value is -2.59. The maximum absolute atomic E-state index is 11.5. The molecule has 4 heteroatoms. The van der Waals surface area contributed by atoms with Gasteiger partial charge in [-0.1, -0.05) is 30.4 Å². The smallest absolute Gasteiger partial charge is 0.224 e. The first kappa shape index (κ1) is 17.8. The predicted octanol–water partition coefficient (Wildman–Crippen LogP) is 3.72. The highest BCUT2D eigenvalue weighted by atomic mass is 16.1. The van der Waals surface area contributed by atoms with Crippen LogP contribution in [-0.2, 0) is 11.2 Å². The highest BCUT2D eigenvalue weighted by Crippen LogP contribution is 2.24. The van der Waals surface area contributed by atoms with Crippen molar-refractivity contribution in [2.24, 2.45) is 0 Å². The first-order valence-electron chi connectivity index (χ1n) is 9.81. The highest BCUT2D eigenvalue weighted by Gasteiger charge is 2.16. The number of carbonyl (C=O) groups is 1. The van der Waals surface area contributed by atoms with Gasteiger partial charge in [0.15, 0.2) is 0 Å². The number of hydrogen-bond acceptors (Lipinski definition) is 3. The molecule has 0 spiro atoms. The fourth-order valence-corrected chi connectivity index (χ4v) is 3.86. The second kappa shape index (κ2) is 7.97. The molecule has 2 aromatic rings. The van der Waals surface area contributed by atoms with Crippen LogP contribution in [0.5, 0.6) is 0 Å². The molecule has 2 aromatic carbocycles. The van der Waals surface area contributed by atoms with Gasteiger partial charge in [-0.3, -0.25) is 9.69 Å². The van der Waals surface area contributed by atoms with Gasteiger partial charge < -0.3 is 10.2 Å². The minimum atomic E-state index is 0.121. The van der Waals surface area contributed by atoms with Crippen molar-refractivity contribution in [1.29, 1.82) is 0 Å². The minimum Gasteiger partial charge on any atom is -0.369 e. The predicted molar refractivity (Wildman–Crippen MR) is 112 cm³/mol. The summed E-state index contributed by atoms with van der Waals surface area (Å²) in [6.07, 6.45) is 5.88. The zero-order valence-corrected chi connectivity index (χ0v) is 15.9. The molecule has 2 aliphatic heterocycles. The summed E-state index contributed by atoms with van der Waals surface area (Å²) in [6, 6.07) is 15.1. The third kappa shape index (κ3) is 4.40. The number of nitrogens with zero attached hydrogens (tertiary/aromatic N) is 2. The van der Waals surface area contributed by atoms with Gasteiger partial charge in [-0.25, -0.2) is 0 Å². The summed E-state index contributed by atoms with van der Waals surface area (Å²) in [5.74, 6) is 0.121. The molecule has 1 fully saturated rings. The summed E-state index contributed by atoms with van der Waals surface area (Å²) in [4.78, 5) is 16.4. The second-order valence-electron chi connectivity index (χ2n) is 7.49. The molecule has 2 aliphatic rings. The number of nitrogens with one attached hydrogen (secondary N) is 1. The Morgan fingerprint density at radius 1 is 1.04 bits per heavy atom. The number of fused-ring (bicyclic) bond motifs is 1. The van der Waals surface area contributed by atoms with Gasteiger partial charge in [0.2, 0.25) is 5.91 Å². The summed E-state index contributed by atoms with van der Waals surface area (Å²) < 4.78 is 0. The molecule has 4 rings (SSSR count). The van der Waals surface area contributed by atoms with Crippen LogP contribution in [-0.4, -0.2) is 43.5 Å². The maximum atomic E-state index is 11.5. The third-order valence-corrected chi connectivity index (χ3v) is 5.44. The van der Waals surface area contributed by atoms with E-state index in [0.29, 0.717) is 6.42 Å². The van der Waals surface area contributed by atoms with Crippen LogP contribution in [0.15, 0.2) is 48.5 Å². The lowest BCUT2D eigenvalue weighted by Gasteiger charge is -2.35. The molecular weight excluding hydrogens is 334 g/mol. The van der Waals surface area contributed by atoms with Gasteiger partial charge in [0.05, 0.1) is 0 Å². The van der Waals surface area contributed by atoms with Crippen molar-refractivity contribution in [3.63, 3.8) is 0 Å². The Labute approximate surface area is 161 Å². The van der Waals surface area contributed by atoms with E-state index in [-0.39, 0.29) is 5.91 Å². The molecule has 0 bridgehead atoms. The Morgan fingerprint density at radius 3 is 2.70 bits per heavy atom. The van der Waals surface area contributed by atoms with Crippen LogP contribution in [0.25, 0.3) is 6.08 Å². The number of benzene rings is 2. The zero-order valence-electron chi connectivity index (χ0n) is 15.9. The highest BCUT2D eigenvalue weighted by molar-refractivity contribution is 5.94. The summed E-state index contributed by atoms with van der Waals surface area (Å²) in [6.45, 7) is 7.48. The summed E-state index contributed by atoms with van der Waals surface area (Å²) in [5, 5.41) is 2.94. The summed E-state index contributed by atoms with van der Waals surface area (Å²) >= 11 is 0. The van der Waals surface area contributed by atoms with Crippen molar-refractivity contribution < 1.29 is 4.79 Å². The number of hydrogen-bond donors (Lipinski definition) is 1. The van der Waals surface area contributed by atoms with Gasteiger partial charge >= 0.3 is 0 Å². The Kier molecular flexibility index (Phi) is 5.26. The fourth-order valence-electron chi connectivity index (χ4n) is 3.86. The van der Waals surface area contributed by atoms with E-state index in [1.54, 1.807) is 0 Å². The topological polar surface area (TPSA) is 35.6 Å². The number of amides is 1. The van der Waals surface area contributed by atoms with E-state index in [1.165, 1.54) is 22.4 Å². The molecule has 4 nitrogen and oxygen atoms in total. The lowest BCUT2D eigenvalue weighted by atomic mass is 10.0. The van der Waals surface area contributed by atoms with Crippen LogP contribution in [0, 0.1) is 6.92 Å². The molecule has 0 saturated carbocycles. The number of anilines is 2. The first-order valence-corrected chi connectivity index (χ1v) is 9.81. The van der Waals surface area contributed by atoms with Crippen molar-refractivity contribution >= 4 is 23.4 Å². The quantitative estimate of drug-likeness (QED) is 0.902. The SMILES string of the molecule is Cc1cccc(N2CCN(CC=Cc3ccc4c(c3)CCC(=O)N4)CC2)c1. The van der Waals surface area contributed by atoms with Crippen LogP contribution in [0.2, 0.25) is 0 Å². The molecule has 0 radical (unpaired) electrons. The number of carbonyl (C=O) groups excluding carboxylic acids is 1. The van der Waals surface area contributed by atoms with Gasteiger partial charge in [-0.15, -0.1) is 0 Å². The summed E-state index contributed by atoms with van der Waals surface area (Å²) in [5.41, 5.74) is 6.08. The van der Waals surface area contributed by atoms with Gasteiger partial charge in [-0.2, -0.15) is 0 Å². The van der Waals surface area contributed by atoms with E-state index in [2.05, 4.69) is 70.6 Å². The lowest BCUT2D eigenvalue weighted by molar-refractivity contribution is -0.116. The number of piperazine rings is 1. The zero-order chi connectivity index (χ0) is 18.6. The van der Waals surface area contributed by atoms with Gasteiger partial charge in [0, 0.05) is 50.5 Å². The van der Waals surface area contributed by atoms with Crippen LogP contribution in [0.3, 0.4) is 0 Å². The van der Waals surface area contributed by atoms with Crippen molar-refractivity contribution in [1.82, 2.24) is 4.90 Å². The third-order valence-electron chi connectivity index (χ3n) is 5.44. The molecule has 140 valence electrons. The molecule has 0 aromatic heterocycles. The molecule has 1 saturated heterocycles. The minimum absolute atomic E-state index is 0.121. The molecule has 1 N–H and O–H groups in total. The number of aryl methyl sites for hydroxylation is 2. The maximum Gasteiger partial charge on any atom is 0.224 e. The van der Waals surface area contributed by atoms with Crippen molar-refractivity contribution in [3.05, 3.63) is 65.2 Å². The van der Waals surface area contributed by atoms with E-state index < -0.39 is 0 Å². The van der Waals surface area contributed by atoms with Gasteiger partial charge in [0.1, 0.15) is 0 Å². The van der Waals surface area contributed by atoms with Crippen molar-refractivity contribution in [2.45, 2.75) is 19.8 Å². The molecule has 0 atom stereocenters. The van der Waals surface area contributed by atoms with E-state index in [0.717, 1.165) is 44.8 Å². The Balaban J connectivity index is 1.29. The van der Waals surface area contributed by atoms with E-state index in [9.17, 15) is 4.79 Å². The Bertz CT molecular complexity index is 850. The molecule has 0 unspecified atom stereocenters. The van der Waals surface area contributed by atoms with E-state index in [4.69, 9.17) is 0 Å². The molecule has 2 heterocycles. The fraction of sp³-hybridized carbons (Fsp3) is 0.348. The Morgan fingerprint density at radius 2 is 1.89 bits per heavy atom. The van der Waals surface area contributed by atoms with Crippen LogP contribution in [0.4, 0.5) is 11.4 Å². The molecule has 27 heavy (non-hydrogen) atoms. The van der Waals surface area contributed by atoms with Gasteiger partial charge in [-0.05, 0) is 54.3 Å². The monoisotopic (exact) mass is 361 g/mol. The number of rotatable bonds is 4. The first-order chi connectivity index (χ1) is 13.2. The van der Waals surface area contributed by atoms with Crippen LogP contribution >= 0.6 is 0 Å². The second-order valence-corrected chi connectivity index (χ2v) is 7.49. The van der Waals surface area contributed by atoms with Crippen molar-refractivity contribution in [3.8, 4) is 0 Å². The lowest BCUT2D eigenvalue weighted by Crippen LogP contribution is -2.46. The molecule has 0 aliphatic carbocycles.